The molecule has 0 unspecified atom stereocenters. The summed E-state index contributed by atoms with van der Waals surface area (Å²) in [6, 6.07) is 3.71. The average molecular weight is 379 g/mol. The van der Waals surface area contributed by atoms with Crippen LogP contribution in [-0.2, 0) is 9.53 Å². The summed E-state index contributed by atoms with van der Waals surface area (Å²) in [5, 5.41) is 0. The molecular weight excluding hydrogens is 344 g/mol. The van der Waals surface area contributed by atoms with Crippen LogP contribution in [-0.4, -0.2) is 32.4 Å². The maximum atomic E-state index is 11.9. The molecule has 0 radical (unpaired) electrons. The molecule has 27 heavy (non-hydrogen) atoms. The smallest absolute Gasteiger partial charge is 0.330 e. The Morgan fingerprint density at radius 1 is 0.815 bits per heavy atom. The Bertz CT molecular complexity index is 551. The van der Waals surface area contributed by atoms with E-state index in [-0.39, 0.29) is 5.97 Å². The van der Waals surface area contributed by atoms with Gasteiger partial charge in [-0.15, -0.1) is 0 Å². The van der Waals surface area contributed by atoms with E-state index in [0.717, 1.165) is 37.7 Å². The van der Waals surface area contributed by atoms with Crippen molar-refractivity contribution in [1.82, 2.24) is 0 Å². The van der Waals surface area contributed by atoms with E-state index in [1.807, 2.05) is 26.0 Å². The van der Waals surface area contributed by atoms with Crippen molar-refractivity contribution >= 4 is 12.0 Å². The number of esters is 1. The van der Waals surface area contributed by atoms with Crippen LogP contribution >= 0.6 is 0 Å². The predicted molar refractivity (Wildman–Crippen MR) is 109 cm³/mol. The fraction of sp³-hybridized carbons (Fsp3) is 0.591. The van der Waals surface area contributed by atoms with Crippen molar-refractivity contribution in [3.05, 3.63) is 23.8 Å². The van der Waals surface area contributed by atoms with E-state index >= 15 is 0 Å². The Morgan fingerprint density at radius 3 is 1.89 bits per heavy atom. The molecule has 1 aromatic rings. The quantitative estimate of drug-likeness (QED) is 0.246. The van der Waals surface area contributed by atoms with Crippen LogP contribution in [0.4, 0.5) is 0 Å². The van der Waals surface area contributed by atoms with Crippen LogP contribution in [0.2, 0.25) is 0 Å². The Morgan fingerprint density at radius 2 is 1.37 bits per heavy atom. The fourth-order valence-corrected chi connectivity index (χ4v) is 2.22. The van der Waals surface area contributed by atoms with Crippen molar-refractivity contribution < 1.29 is 23.7 Å². The maximum absolute atomic E-state index is 11.9. The van der Waals surface area contributed by atoms with E-state index in [4.69, 9.17) is 18.9 Å². The Kier molecular flexibility index (Phi) is 11.8. The number of carbonyl (C=O) groups excluding carboxylic acids is 1. The summed E-state index contributed by atoms with van der Waals surface area (Å²) in [7, 11) is 0. The van der Waals surface area contributed by atoms with Gasteiger partial charge in [-0.05, 0) is 31.8 Å². The molecule has 5 heteroatoms. The van der Waals surface area contributed by atoms with E-state index in [0.29, 0.717) is 43.7 Å². The molecule has 1 aromatic carbocycles. The maximum Gasteiger partial charge on any atom is 0.330 e. The zero-order chi connectivity index (χ0) is 19.9. The van der Waals surface area contributed by atoms with E-state index in [2.05, 4.69) is 13.8 Å². The van der Waals surface area contributed by atoms with Gasteiger partial charge in [-0.25, -0.2) is 4.79 Å². The van der Waals surface area contributed by atoms with Gasteiger partial charge in [0.1, 0.15) is 17.2 Å². The molecule has 0 aliphatic carbocycles. The summed E-state index contributed by atoms with van der Waals surface area (Å²) in [6.45, 7) is 10.4. The molecule has 152 valence electrons. The first-order valence-electron chi connectivity index (χ1n) is 10.1. The van der Waals surface area contributed by atoms with Crippen molar-refractivity contribution in [2.45, 2.75) is 59.8 Å². The van der Waals surface area contributed by atoms with Crippen molar-refractivity contribution in [3.63, 3.8) is 0 Å². The molecular formula is C22H34O5. The van der Waals surface area contributed by atoms with E-state index in [1.165, 1.54) is 6.08 Å². The Balaban J connectivity index is 3.11. The monoisotopic (exact) mass is 378 g/mol. The first-order valence-corrected chi connectivity index (χ1v) is 10.1. The van der Waals surface area contributed by atoms with Gasteiger partial charge < -0.3 is 18.9 Å². The van der Waals surface area contributed by atoms with Gasteiger partial charge in [-0.1, -0.05) is 34.1 Å². The predicted octanol–water partition coefficient (Wildman–Crippen LogP) is 5.41. The minimum Gasteiger partial charge on any atom is -0.493 e. The highest BCUT2D eigenvalue weighted by Crippen LogP contribution is 2.36. The summed E-state index contributed by atoms with van der Waals surface area (Å²) in [5.41, 5.74) is 0.730. The Hall–Kier alpha value is -2.17. The summed E-state index contributed by atoms with van der Waals surface area (Å²) in [6.07, 6.45) is 7.66. The molecule has 0 amide bonds. The minimum absolute atomic E-state index is 0.363. The summed E-state index contributed by atoms with van der Waals surface area (Å²) in [4.78, 5) is 11.9. The second-order valence-electron chi connectivity index (χ2n) is 6.23. The van der Waals surface area contributed by atoms with Gasteiger partial charge in [0.15, 0.2) is 0 Å². The van der Waals surface area contributed by atoms with Crippen molar-refractivity contribution in [2.24, 2.45) is 0 Å². The second kappa shape index (κ2) is 14.0. The topological polar surface area (TPSA) is 54.0 Å². The van der Waals surface area contributed by atoms with Crippen LogP contribution in [0.3, 0.4) is 0 Å². The third-order valence-corrected chi connectivity index (χ3v) is 3.60. The highest BCUT2D eigenvalue weighted by Gasteiger charge is 2.13. The molecule has 0 fully saturated rings. The molecule has 0 heterocycles. The normalized spacial score (nSPS) is 10.8. The van der Waals surface area contributed by atoms with Crippen LogP contribution < -0.4 is 14.2 Å². The van der Waals surface area contributed by atoms with Crippen LogP contribution in [0.5, 0.6) is 17.2 Å². The molecule has 0 atom stereocenters. The third-order valence-electron chi connectivity index (χ3n) is 3.60. The molecule has 0 aromatic heterocycles. The van der Waals surface area contributed by atoms with Gasteiger partial charge in [-0.2, -0.15) is 0 Å². The van der Waals surface area contributed by atoms with Crippen LogP contribution in [0.25, 0.3) is 6.08 Å². The van der Waals surface area contributed by atoms with Crippen molar-refractivity contribution in [3.8, 4) is 17.2 Å². The van der Waals surface area contributed by atoms with E-state index < -0.39 is 0 Å². The van der Waals surface area contributed by atoms with Gasteiger partial charge in [0.2, 0.25) is 0 Å². The first-order chi connectivity index (χ1) is 13.2. The van der Waals surface area contributed by atoms with Crippen LogP contribution in [0.15, 0.2) is 18.2 Å². The number of carbonyl (C=O) groups is 1. The number of ether oxygens (including phenoxy) is 4. The third kappa shape index (κ3) is 8.85. The zero-order valence-electron chi connectivity index (χ0n) is 17.2. The highest BCUT2D eigenvalue weighted by atomic mass is 16.5. The van der Waals surface area contributed by atoms with Gasteiger partial charge in [-0.3, -0.25) is 0 Å². The molecule has 5 nitrogen and oxygen atoms in total. The van der Waals surface area contributed by atoms with Gasteiger partial charge in [0.05, 0.1) is 32.0 Å². The van der Waals surface area contributed by atoms with Gasteiger partial charge in [0, 0.05) is 18.2 Å². The van der Waals surface area contributed by atoms with Crippen molar-refractivity contribution in [1.29, 1.82) is 0 Å². The molecule has 0 N–H and O–H groups in total. The Labute approximate surface area is 163 Å². The first kappa shape index (κ1) is 22.9. The number of benzene rings is 1. The molecule has 0 saturated carbocycles. The standard InChI is InChI=1S/C22H34O5/c1-5-9-15-27-22(23)11-10-19-20(25-13-7-3)16-18(24-12-6-2)17-21(19)26-14-8-4/h10-11,16-17H,5-9,12-15H2,1-4H3. The second-order valence-corrected chi connectivity index (χ2v) is 6.23. The van der Waals surface area contributed by atoms with Gasteiger partial charge in [0.25, 0.3) is 0 Å². The summed E-state index contributed by atoms with van der Waals surface area (Å²) >= 11 is 0. The molecule has 0 saturated heterocycles. The number of unbranched alkanes of at least 4 members (excludes halogenated alkanes) is 1. The zero-order valence-corrected chi connectivity index (χ0v) is 17.2. The van der Waals surface area contributed by atoms with E-state index in [9.17, 15) is 4.79 Å². The molecule has 0 bridgehead atoms. The van der Waals surface area contributed by atoms with Crippen LogP contribution in [0.1, 0.15) is 65.4 Å². The number of rotatable bonds is 14. The lowest BCUT2D eigenvalue weighted by atomic mass is 10.1. The van der Waals surface area contributed by atoms with Gasteiger partial charge >= 0.3 is 5.97 Å². The summed E-state index contributed by atoms with van der Waals surface area (Å²) in [5.74, 6) is 1.64. The highest BCUT2D eigenvalue weighted by molar-refractivity contribution is 5.88. The average Bonchev–Trinajstić information content (AvgIpc) is 2.68. The number of hydrogen-bond donors (Lipinski definition) is 0. The largest absolute Gasteiger partial charge is 0.493 e. The lowest BCUT2D eigenvalue weighted by molar-refractivity contribution is -0.137. The molecule has 0 aliphatic heterocycles. The fourth-order valence-electron chi connectivity index (χ4n) is 2.22. The lowest BCUT2D eigenvalue weighted by Crippen LogP contribution is -2.05. The molecule has 0 spiro atoms. The van der Waals surface area contributed by atoms with E-state index in [1.54, 1.807) is 6.08 Å². The number of hydrogen-bond acceptors (Lipinski definition) is 5. The SMILES string of the molecule is CCCCOC(=O)C=Cc1c(OCCC)cc(OCCC)cc1OCCC. The molecule has 1 rings (SSSR count). The van der Waals surface area contributed by atoms with Crippen molar-refractivity contribution in [2.75, 3.05) is 26.4 Å². The van der Waals surface area contributed by atoms with Crippen LogP contribution in [0, 0.1) is 0 Å². The summed E-state index contributed by atoms with van der Waals surface area (Å²) < 4.78 is 22.7. The molecule has 0 aliphatic rings. The minimum atomic E-state index is -0.363. The lowest BCUT2D eigenvalue weighted by Gasteiger charge is -2.16.